The standard InChI is InChI=1S/C12H5N5O8/c18-14(19)7-3-1-5-6-2-4-8(15(20)21)12(17(24)25)10(6)13-9(5)11(7)16(22)23/h1-4,13H. The number of hydrogen-bond acceptors (Lipinski definition) is 8. The number of nitro benzene ring substituents is 4. The van der Waals surface area contributed by atoms with Crippen LogP contribution in [0.2, 0.25) is 0 Å². The van der Waals surface area contributed by atoms with Crippen LogP contribution >= 0.6 is 0 Å². The molecule has 0 aliphatic heterocycles. The lowest BCUT2D eigenvalue weighted by Gasteiger charge is -1.96. The van der Waals surface area contributed by atoms with Gasteiger partial charge in [-0.1, -0.05) is 0 Å². The van der Waals surface area contributed by atoms with E-state index in [-0.39, 0.29) is 21.8 Å². The molecule has 13 heteroatoms. The Kier molecular flexibility index (Phi) is 3.26. The van der Waals surface area contributed by atoms with Crippen molar-refractivity contribution in [2.45, 2.75) is 0 Å². The number of H-pyrrole nitrogens is 1. The number of nitrogens with one attached hydrogen (secondary N) is 1. The number of nitrogens with zero attached hydrogens (tertiary/aromatic N) is 4. The number of aromatic nitrogens is 1. The molecule has 0 amide bonds. The minimum Gasteiger partial charge on any atom is -0.343 e. The molecule has 0 fully saturated rings. The van der Waals surface area contributed by atoms with Crippen molar-refractivity contribution in [3.05, 3.63) is 64.7 Å². The van der Waals surface area contributed by atoms with E-state index in [1.165, 1.54) is 12.1 Å². The highest BCUT2D eigenvalue weighted by Gasteiger charge is 2.33. The summed E-state index contributed by atoms with van der Waals surface area (Å²) in [6, 6.07) is 4.19. The van der Waals surface area contributed by atoms with E-state index in [9.17, 15) is 40.5 Å². The summed E-state index contributed by atoms with van der Waals surface area (Å²) in [7, 11) is 0. The van der Waals surface area contributed by atoms with Crippen LogP contribution in [0.5, 0.6) is 0 Å². The van der Waals surface area contributed by atoms with Gasteiger partial charge in [-0.2, -0.15) is 0 Å². The van der Waals surface area contributed by atoms with Crippen LogP contribution in [-0.4, -0.2) is 24.7 Å². The van der Waals surface area contributed by atoms with Gasteiger partial charge in [-0.3, -0.25) is 40.5 Å². The second-order valence-electron chi connectivity index (χ2n) is 4.87. The molecule has 0 radical (unpaired) electrons. The van der Waals surface area contributed by atoms with Gasteiger partial charge in [-0.15, -0.1) is 0 Å². The molecule has 0 spiro atoms. The maximum Gasteiger partial charge on any atom is 0.369 e. The van der Waals surface area contributed by atoms with E-state index in [4.69, 9.17) is 0 Å². The molecule has 0 atom stereocenters. The van der Waals surface area contributed by atoms with Crippen molar-refractivity contribution >= 4 is 44.6 Å². The average Bonchev–Trinajstić information content (AvgIpc) is 2.90. The van der Waals surface area contributed by atoms with E-state index in [1.54, 1.807) is 0 Å². The van der Waals surface area contributed by atoms with Crippen molar-refractivity contribution in [3.8, 4) is 0 Å². The Morgan fingerprint density at radius 3 is 1.24 bits per heavy atom. The minimum absolute atomic E-state index is 0.102. The van der Waals surface area contributed by atoms with Crippen LogP contribution in [0.1, 0.15) is 0 Å². The van der Waals surface area contributed by atoms with Crippen LogP contribution in [0, 0.1) is 40.5 Å². The molecule has 1 N–H and O–H groups in total. The number of fused-ring (bicyclic) bond motifs is 3. The van der Waals surface area contributed by atoms with Crippen molar-refractivity contribution in [3.63, 3.8) is 0 Å². The van der Waals surface area contributed by atoms with E-state index in [0.717, 1.165) is 12.1 Å². The number of nitro groups is 4. The first kappa shape index (κ1) is 15.7. The maximum absolute atomic E-state index is 11.2. The summed E-state index contributed by atoms with van der Waals surface area (Å²) in [4.78, 5) is 43.0. The van der Waals surface area contributed by atoms with Crippen LogP contribution in [-0.2, 0) is 0 Å². The first-order valence-corrected chi connectivity index (χ1v) is 6.43. The zero-order valence-corrected chi connectivity index (χ0v) is 11.9. The SMILES string of the molecule is O=[N+]([O-])c1ccc2c([nH]c3c([N+](=O)[O-])c([N+](=O)[O-])ccc32)c1[N+](=O)[O-]. The van der Waals surface area contributed by atoms with Crippen LogP contribution in [0.25, 0.3) is 21.8 Å². The normalized spacial score (nSPS) is 10.9. The predicted octanol–water partition coefficient (Wildman–Crippen LogP) is 2.95. The van der Waals surface area contributed by atoms with Crippen LogP contribution in [0.4, 0.5) is 22.7 Å². The van der Waals surface area contributed by atoms with E-state index >= 15 is 0 Å². The summed E-state index contributed by atoms with van der Waals surface area (Å²) >= 11 is 0. The van der Waals surface area contributed by atoms with Crippen molar-refractivity contribution < 1.29 is 19.7 Å². The molecule has 3 rings (SSSR count). The fourth-order valence-corrected chi connectivity index (χ4v) is 2.65. The topological polar surface area (TPSA) is 188 Å². The number of benzene rings is 2. The molecular weight excluding hydrogens is 342 g/mol. The summed E-state index contributed by atoms with van der Waals surface area (Å²) in [6.07, 6.45) is 0. The Hall–Kier alpha value is -4.16. The van der Waals surface area contributed by atoms with E-state index in [1.807, 2.05) is 0 Å². The average molecular weight is 347 g/mol. The third-order valence-electron chi connectivity index (χ3n) is 3.61. The fourth-order valence-electron chi connectivity index (χ4n) is 2.65. The summed E-state index contributed by atoms with van der Waals surface area (Å²) in [5.74, 6) is 0. The van der Waals surface area contributed by atoms with Gasteiger partial charge in [0.15, 0.2) is 0 Å². The van der Waals surface area contributed by atoms with Crippen molar-refractivity contribution in [2.24, 2.45) is 0 Å². The van der Waals surface area contributed by atoms with Crippen molar-refractivity contribution in [1.82, 2.24) is 4.98 Å². The molecule has 0 unspecified atom stereocenters. The Bertz CT molecular complexity index is 1030. The van der Waals surface area contributed by atoms with Gasteiger partial charge in [-0.25, -0.2) is 0 Å². The third kappa shape index (κ3) is 2.18. The lowest BCUT2D eigenvalue weighted by Crippen LogP contribution is -1.97. The van der Waals surface area contributed by atoms with Gasteiger partial charge in [-0.05, 0) is 12.1 Å². The first-order chi connectivity index (χ1) is 11.7. The lowest BCUT2D eigenvalue weighted by atomic mass is 10.1. The molecule has 0 saturated carbocycles. The van der Waals surface area contributed by atoms with Gasteiger partial charge in [0.25, 0.3) is 0 Å². The van der Waals surface area contributed by atoms with Crippen molar-refractivity contribution in [2.75, 3.05) is 0 Å². The zero-order chi connectivity index (χ0) is 18.5. The molecule has 25 heavy (non-hydrogen) atoms. The molecule has 0 saturated heterocycles. The lowest BCUT2D eigenvalue weighted by molar-refractivity contribution is -0.421. The number of rotatable bonds is 4. The van der Waals surface area contributed by atoms with Crippen LogP contribution in [0.15, 0.2) is 24.3 Å². The molecule has 1 heterocycles. The third-order valence-corrected chi connectivity index (χ3v) is 3.61. The quantitative estimate of drug-likeness (QED) is 0.550. The van der Waals surface area contributed by atoms with Crippen molar-refractivity contribution in [1.29, 1.82) is 0 Å². The van der Waals surface area contributed by atoms with Gasteiger partial charge in [0, 0.05) is 22.9 Å². The van der Waals surface area contributed by atoms with Gasteiger partial charge in [0.05, 0.1) is 19.7 Å². The smallest absolute Gasteiger partial charge is 0.343 e. The highest BCUT2D eigenvalue weighted by Crippen LogP contribution is 2.42. The second-order valence-corrected chi connectivity index (χ2v) is 4.87. The molecule has 0 bridgehead atoms. The fraction of sp³-hybridized carbons (Fsp3) is 0. The number of hydrogen-bond donors (Lipinski definition) is 1. The van der Waals surface area contributed by atoms with Crippen LogP contribution in [0.3, 0.4) is 0 Å². The monoisotopic (exact) mass is 347 g/mol. The second kappa shape index (κ2) is 5.19. The first-order valence-electron chi connectivity index (χ1n) is 6.43. The summed E-state index contributed by atoms with van der Waals surface area (Å²) < 4.78 is 0. The largest absolute Gasteiger partial charge is 0.369 e. The van der Waals surface area contributed by atoms with Gasteiger partial charge < -0.3 is 4.98 Å². The molecular formula is C12H5N5O8. The number of aromatic amines is 1. The molecule has 2 aromatic carbocycles. The zero-order valence-electron chi connectivity index (χ0n) is 11.9. The molecule has 3 aromatic rings. The molecule has 0 aliphatic carbocycles. The van der Waals surface area contributed by atoms with E-state index in [2.05, 4.69) is 4.98 Å². The Balaban J connectivity index is 2.56. The Morgan fingerprint density at radius 2 is 0.960 bits per heavy atom. The van der Waals surface area contributed by atoms with Gasteiger partial charge >= 0.3 is 22.7 Å². The van der Waals surface area contributed by atoms with Crippen LogP contribution < -0.4 is 0 Å². The van der Waals surface area contributed by atoms with Gasteiger partial charge in [0.1, 0.15) is 11.0 Å². The minimum atomic E-state index is -0.990. The van der Waals surface area contributed by atoms with E-state index < -0.39 is 42.4 Å². The summed E-state index contributed by atoms with van der Waals surface area (Å²) in [5, 5.41) is 44.7. The van der Waals surface area contributed by atoms with E-state index in [0.29, 0.717) is 0 Å². The summed E-state index contributed by atoms with van der Waals surface area (Å²) in [5.41, 5.74) is -4.01. The molecule has 13 nitrogen and oxygen atoms in total. The highest BCUT2D eigenvalue weighted by molar-refractivity contribution is 6.14. The molecule has 126 valence electrons. The molecule has 1 aromatic heterocycles. The summed E-state index contributed by atoms with van der Waals surface area (Å²) in [6.45, 7) is 0. The predicted molar refractivity (Wildman–Crippen MR) is 82.4 cm³/mol. The highest BCUT2D eigenvalue weighted by atomic mass is 16.6. The Labute approximate surface area is 135 Å². The molecule has 0 aliphatic rings. The Morgan fingerprint density at radius 1 is 0.600 bits per heavy atom. The maximum atomic E-state index is 11.2. The van der Waals surface area contributed by atoms with Gasteiger partial charge in [0.2, 0.25) is 0 Å².